The van der Waals surface area contributed by atoms with Gasteiger partial charge in [0, 0.05) is 29.4 Å². The summed E-state index contributed by atoms with van der Waals surface area (Å²) in [6.07, 6.45) is 4.39. The lowest BCUT2D eigenvalue weighted by molar-refractivity contribution is 0.688. The molecule has 3 rings (SSSR count). The van der Waals surface area contributed by atoms with E-state index in [1.807, 2.05) is 36.5 Å². The Morgan fingerprint density at radius 3 is 2.83 bits per heavy atom. The number of benzene rings is 1. The van der Waals surface area contributed by atoms with Crippen molar-refractivity contribution in [3.8, 4) is 11.3 Å². The Labute approximate surface area is 112 Å². The van der Waals surface area contributed by atoms with Gasteiger partial charge in [0.15, 0.2) is 0 Å². The van der Waals surface area contributed by atoms with Crippen molar-refractivity contribution >= 4 is 11.6 Å². The molecule has 0 atom stereocenters. The number of hydrogen-bond acceptors (Lipinski definition) is 2. The maximum absolute atomic E-state index is 6.23. The number of nitrogens with zero attached hydrogens (tertiary/aromatic N) is 1. The molecule has 2 aromatic rings. The molecule has 0 amide bonds. The first kappa shape index (κ1) is 11.7. The van der Waals surface area contributed by atoms with Crippen LogP contribution in [0.4, 0.5) is 0 Å². The number of hydrogen-bond donors (Lipinski definition) is 1. The quantitative estimate of drug-likeness (QED) is 0.905. The van der Waals surface area contributed by atoms with E-state index in [2.05, 4.69) is 16.4 Å². The Morgan fingerprint density at radius 1 is 1.22 bits per heavy atom. The van der Waals surface area contributed by atoms with Gasteiger partial charge in [-0.1, -0.05) is 23.7 Å². The summed E-state index contributed by atoms with van der Waals surface area (Å²) in [6, 6.07) is 12.7. The maximum Gasteiger partial charge on any atom is 0.0702 e. The highest BCUT2D eigenvalue weighted by Crippen LogP contribution is 2.25. The molecule has 0 radical (unpaired) electrons. The van der Waals surface area contributed by atoms with Crippen LogP contribution < -0.4 is 5.32 Å². The van der Waals surface area contributed by atoms with Crippen LogP contribution in [0.5, 0.6) is 0 Å². The molecule has 2 nitrogen and oxygen atoms in total. The van der Waals surface area contributed by atoms with Crippen molar-refractivity contribution in [1.29, 1.82) is 0 Å². The molecule has 0 spiro atoms. The van der Waals surface area contributed by atoms with Gasteiger partial charge in [0.25, 0.3) is 0 Å². The molecule has 1 aromatic carbocycles. The van der Waals surface area contributed by atoms with Gasteiger partial charge in [-0.25, -0.2) is 0 Å². The topological polar surface area (TPSA) is 24.9 Å². The molecule has 1 aromatic heterocycles. The van der Waals surface area contributed by atoms with Crippen molar-refractivity contribution < 1.29 is 0 Å². The lowest BCUT2D eigenvalue weighted by Crippen LogP contribution is -2.15. The third kappa shape index (κ3) is 2.71. The summed E-state index contributed by atoms with van der Waals surface area (Å²) in [5.41, 5.74) is 3.25. The predicted molar refractivity (Wildman–Crippen MR) is 74.5 cm³/mol. The average Bonchev–Trinajstić information content (AvgIpc) is 3.23. The molecule has 18 heavy (non-hydrogen) atoms. The van der Waals surface area contributed by atoms with Crippen molar-refractivity contribution in [2.24, 2.45) is 0 Å². The highest BCUT2D eigenvalue weighted by molar-refractivity contribution is 6.31. The van der Waals surface area contributed by atoms with Crippen LogP contribution in [0.15, 0.2) is 42.6 Å². The minimum absolute atomic E-state index is 0.694. The van der Waals surface area contributed by atoms with Crippen molar-refractivity contribution in [2.45, 2.75) is 25.4 Å². The molecule has 1 fully saturated rings. The van der Waals surface area contributed by atoms with Gasteiger partial charge in [-0.05, 0) is 42.7 Å². The molecule has 0 aliphatic heterocycles. The summed E-state index contributed by atoms with van der Waals surface area (Å²) in [6.45, 7) is 0.837. The Balaban J connectivity index is 1.84. The zero-order chi connectivity index (χ0) is 12.4. The molecule has 0 unspecified atom stereocenters. The monoisotopic (exact) mass is 258 g/mol. The van der Waals surface area contributed by atoms with Crippen LogP contribution in [-0.2, 0) is 6.54 Å². The first-order valence-corrected chi connectivity index (χ1v) is 6.64. The summed E-state index contributed by atoms with van der Waals surface area (Å²) in [5, 5.41) is 4.31. The maximum atomic E-state index is 6.23. The van der Waals surface area contributed by atoms with Crippen LogP contribution in [0, 0.1) is 0 Å². The van der Waals surface area contributed by atoms with Crippen molar-refractivity contribution in [3.63, 3.8) is 0 Å². The van der Waals surface area contributed by atoms with E-state index >= 15 is 0 Å². The van der Waals surface area contributed by atoms with E-state index in [1.54, 1.807) is 0 Å². The number of rotatable bonds is 4. The van der Waals surface area contributed by atoms with Crippen LogP contribution in [0.1, 0.15) is 18.4 Å². The van der Waals surface area contributed by atoms with Crippen LogP contribution in [0.25, 0.3) is 11.3 Å². The number of nitrogens with one attached hydrogen (secondary N) is 1. The van der Waals surface area contributed by atoms with E-state index in [1.165, 1.54) is 12.8 Å². The van der Waals surface area contributed by atoms with Gasteiger partial charge in [0.1, 0.15) is 0 Å². The van der Waals surface area contributed by atoms with E-state index in [0.717, 1.165) is 28.4 Å². The van der Waals surface area contributed by atoms with Gasteiger partial charge in [-0.2, -0.15) is 0 Å². The third-order valence-electron chi connectivity index (χ3n) is 3.16. The summed E-state index contributed by atoms with van der Waals surface area (Å²) >= 11 is 6.23. The molecule has 1 aliphatic rings. The number of aromatic nitrogens is 1. The van der Waals surface area contributed by atoms with Gasteiger partial charge in [-0.15, -0.1) is 0 Å². The van der Waals surface area contributed by atoms with Crippen molar-refractivity contribution in [2.75, 3.05) is 0 Å². The Morgan fingerprint density at radius 2 is 2.11 bits per heavy atom. The van der Waals surface area contributed by atoms with Gasteiger partial charge < -0.3 is 5.32 Å². The molecule has 0 saturated heterocycles. The van der Waals surface area contributed by atoms with Gasteiger partial charge in [0.05, 0.1) is 5.69 Å². The first-order chi connectivity index (χ1) is 8.83. The van der Waals surface area contributed by atoms with E-state index < -0.39 is 0 Å². The Bertz CT molecular complexity index is 535. The molecule has 3 heteroatoms. The number of pyridine rings is 1. The lowest BCUT2D eigenvalue weighted by Gasteiger charge is -2.08. The molecule has 92 valence electrons. The molecule has 1 aliphatic carbocycles. The summed E-state index contributed by atoms with van der Waals surface area (Å²) in [7, 11) is 0. The third-order valence-corrected chi connectivity index (χ3v) is 3.53. The summed E-state index contributed by atoms with van der Waals surface area (Å²) < 4.78 is 0. The second-order valence-corrected chi connectivity index (χ2v) is 5.08. The molecule has 1 saturated carbocycles. The summed E-state index contributed by atoms with van der Waals surface area (Å²) in [5.74, 6) is 0. The van der Waals surface area contributed by atoms with Crippen molar-refractivity contribution in [1.82, 2.24) is 10.3 Å². The lowest BCUT2D eigenvalue weighted by atomic mass is 10.1. The Kier molecular flexibility index (Phi) is 3.31. The number of halogens is 1. The van der Waals surface area contributed by atoms with Crippen LogP contribution in [0.3, 0.4) is 0 Å². The normalized spacial score (nSPS) is 14.7. The molecule has 1 N–H and O–H groups in total. The van der Waals surface area contributed by atoms with E-state index in [0.29, 0.717) is 6.04 Å². The highest BCUT2D eigenvalue weighted by atomic mass is 35.5. The average molecular weight is 259 g/mol. The molecular formula is C15H15ClN2. The SMILES string of the molecule is Clc1ccc(-c2ccccn2)cc1CNC1CC1. The Hall–Kier alpha value is -1.38. The second kappa shape index (κ2) is 5.09. The van der Waals surface area contributed by atoms with Gasteiger partial charge in [0.2, 0.25) is 0 Å². The van der Waals surface area contributed by atoms with Gasteiger partial charge >= 0.3 is 0 Å². The van der Waals surface area contributed by atoms with Crippen LogP contribution in [-0.4, -0.2) is 11.0 Å². The van der Waals surface area contributed by atoms with Crippen molar-refractivity contribution in [3.05, 3.63) is 53.2 Å². The summed E-state index contributed by atoms with van der Waals surface area (Å²) in [4.78, 5) is 4.36. The molecular weight excluding hydrogens is 244 g/mol. The highest BCUT2D eigenvalue weighted by Gasteiger charge is 2.20. The van der Waals surface area contributed by atoms with E-state index in [4.69, 9.17) is 11.6 Å². The molecule has 0 bridgehead atoms. The largest absolute Gasteiger partial charge is 0.310 e. The molecule has 1 heterocycles. The fourth-order valence-corrected chi connectivity index (χ4v) is 2.13. The predicted octanol–water partition coefficient (Wildman–Crippen LogP) is 3.65. The standard InChI is InChI=1S/C15H15ClN2/c16-14-7-4-11(15-3-1-2-8-17-15)9-12(14)10-18-13-5-6-13/h1-4,7-9,13,18H,5-6,10H2. The van der Waals surface area contributed by atoms with Gasteiger partial charge in [-0.3, -0.25) is 4.98 Å². The van der Waals surface area contributed by atoms with E-state index in [-0.39, 0.29) is 0 Å². The van der Waals surface area contributed by atoms with Crippen LogP contribution >= 0.6 is 11.6 Å². The fraction of sp³-hybridized carbons (Fsp3) is 0.267. The first-order valence-electron chi connectivity index (χ1n) is 6.26. The minimum atomic E-state index is 0.694. The van der Waals surface area contributed by atoms with Crippen LogP contribution in [0.2, 0.25) is 5.02 Å². The fourth-order valence-electron chi connectivity index (χ4n) is 1.94. The second-order valence-electron chi connectivity index (χ2n) is 4.68. The zero-order valence-corrected chi connectivity index (χ0v) is 10.8. The minimum Gasteiger partial charge on any atom is -0.310 e. The zero-order valence-electron chi connectivity index (χ0n) is 10.1. The smallest absolute Gasteiger partial charge is 0.0702 e. The van der Waals surface area contributed by atoms with E-state index in [9.17, 15) is 0 Å².